The van der Waals surface area contributed by atoms with Crippen LogP contribution in [0, 0.1) is 0 Å². The monoisotopic (exact) mass is 521 g/mol. The average Bonchev–Trinajstić information content (AvgIpc) is 2.82. The number of rotatable bonds is 7. The number of aromatic nitrogens is 3. The molecule has 3 aromatic heterocycles. The van der Waals surface area contributed by atoms with Crippen LogP contribution in [0.2, 0.25) is 0 Å². The summed E-state index contributed by atoms with van der Waals surface area (Å²) in [7, 11) is 1.76. The number of hydrogen-bond donors (Lipinski definition) is 2. The highest BCUT2D eigenvalue weighted by atomic mass is 32.2. The lowest BCUT2D eigenvalue weighted by atomic mass is 9.78. The van der Waals surface area contributed by atoms with Crippen LogP contribution in [0.1, 0.15) is 45.1 Å². The Bertz CT molecular complexity index is 1330. The van der Waals surface area contributed by atoms with Crippen LogP contribution in [0.25, 0.3) is 11.3 Å². The molecule has 4 heterocycles. The van der Waals surface area contributed by atoms with E-state index in [1.165, 1.54) is 12.5 Å². The van der Waals surface area contributed by atoms with E-state index in [-0.39, 0.29) is 5.91 Å². The number of anilines is 3. The maximum Gasteiger partial charge on any atom is 0.257 e. The summed E-state index contributed by atoms with van der Waals surface area (Å²) in [6.45, 7) is 5.80. The maximum atomic E-state index is 11.7. The van der Waals surface area contributed by atoms with Gasteiger partial charge in [-0.1, -0.05) is 0 Å². The van der Waals surface area contributed by atoms with Crippen LogP contribution in [0.4, 0.5) is 17.3 Å². The Morgan fingerprint density at radius 2 is 1.97 bits per heavy atom. The fraction of sp³-hybridized carbons (Fsp3) is 0.407. The van der Waals surface area contributed by atoms with E-state index < -0.39 is 5.60 Å². The number of ether oxygens (including phenoxy) is 3. The molecule has 1 saturated carbocycles. The summed E-state index contributed by atoms with van der Waals surface area (Å²) in [5.74, 6) is 2.43. The van der Waals surface area contributed by atoms with Gasteiger partial charge in [0, 0.05) is 31.9 Å². The Kier molecular flexibility index (Phi) is 6.96. The highest BCUT2D eigenvalue weighted by Gasteiger charge is 2.31. The topological polar surface area (TPSA) is 107 Å². The molecule has 194 valence electrons. The first-order valence-corrected chi connectivity index (χ1v) is 13.4. The van der Waals surface area contributed by atoms with Crippen LogP contribution in [-0.2, 0) is 9.53 Å². The summed E-state index contributed by atoms with van der Waals surface area (Å²) in [6.07, 6.45) is 6.01. The highest BCUT2D eigenvalue weighted by Crippen LogP contribution is 2.41. The van der Waals surface area contributed by atoms with Crippen LogP contribution in [0.15, 0.2) is 41.6 Å². The van der Waals surface area contributed by atoms with Gasteiger partial charge >= 0.3 is 0 Å². The minimum absolute atomic E-state index is 0.200. The molecule has 2 N–H and O–H groups in total. The van der Waals surface area contributed by atoms with Crippen molar-refractivity contribution in [1.82, 2.24) is 15.0 Å². The smallest absolute Gasteiger partial charge is 0.257 e. The molecule has 37 heavy (non-hydrogen) atoms. The van der Waals surface area contributed by atoms with Crippen molar-refractivity contribution in [1.29, 1.82) is 0 Å². The number of fused-ring (bicyclic) bond motifs is 1. The van der Waals surface area contributed by atoms with Gasteiger partial charge in [-0.2, -0.15) is 0 Å². The first kappa shape index (κ1) is 25.3. The van der Waals surface area contributed by atoms with Crippen molar-refractivity contribution in [2.75, 3.05) is 30.6 Å². The van der Waals surface area contributed by atoms with Gasteiger partial charge in [0.05, 0.1) is 22.5 Å². The molecule has 10 heteroatoms. The zero-order chi connectivity index (χ0) is 26.2. The van der Waals surface area contributed by atoms with Gasteiger partial charge in [-0.15, -0.1) is 11.8 Å². The Morgan fingerprint density at radius 3 is 2.70 bits per heavy atom. The van der Waals surface area contributed by atoms with Crippen LogP contribution in [0.5, 0.6) is 11.6 Å². The zero-order valence-corrected chi connectivity index (χ0v) is 22.4. The lowest BCUT2D eigenvalue weighted by Crippen LogP contribution is -2.39. The largest absolute Gasteiger partial charge is 0.479 e. The minimum Gasteiger partial charge on any atom is -0.479 e. The number of methoxy groups -OCH3 is 1. The molecule has 0 unspecified atom stereocenters. The van der Waals surface area contributed by atoms with Crippen LogP contribution in [0.3, 0.4) is 0 Å². The third-order valence-corrected chi connectivity index (χ3v) is 7.08. The number of nitrogens with one attached hydrogen (secondary N) is 2. The Morgan fingerprint density at radius 1 is 1.16 bits per heavy atom. The Balaban J connectivity index is 1.51. The summed E-state index contributed by atoms with van der Waals surface area (Å²) < 4.78 is 17.4. The van der Waals surface area contributed by atoms with Crippen molar-refractivity contribution < 1.29 is 19.0 Å². The molecule has 0 atom stereocenters. The second-order valence-corrected chi connectivity index (χ2v) is 10.8. The average molecular weight is 522 g/mol. The summed E-state index contributed by atoms with van der Waals surface area (Å²) in [6, 6.07) is 9.75. The molecular formula is C27H31N5O4S. The van der Waals surface area contributed by atoms with E-state index in [1.54, 1.807) is 31.1 Å². The number of amides is 1. The number of hydrogen-bond acceptors (Lipinski definition) is 9. The van der Waals surface area contributed by atoms with Gasteiger partial charge in [-0.05, 0) is 68.7 Å². The summed E-state index contributed by atoms with van der Waals surface area (Å²) in [4.78, 5) is 25.6. The normalized spacial score (nSPS) is 19.6. The van der Waals surface area contributed by atoms with Gasteiger partial charge in [-0.25, -0.2) is 15.0 Å². The molecule has 5 rings (SSSR count). The van der Waals surface area contributed by atoms with Gasteiger partial charge in [0.15, 0.2) is 5.75 Å². The second kappa shape index (κ2) is 10.2. The van der Waals surface area contributed by atoms with Gasteiger partial charge in [0.1, 0.15) is 23.8 Å². The van der Waals surface area contributed by atoms with Gasteiger partial charge in [-0.3, -0.25) is 4.79 Å². The second-order valence-electron chi connectivity index (χ2n) is 9.93. The van der Waals surface area contributed by atoms with E-state index in [4.69, 9.17) is 24.2 Å². The first-order valence-electron chi connectivity index (χ1n) is 12.2. The summed E-state index contributed by atoms with van der Waals surface area (Å²) in [5.41, 5.74) is 2.93. The number of thioether (sulfide) groups is 1. The van der Waals surface area contributed by atoms with E-state index in [9.17, 15) is 4.79 Å². The van der Waals surface area contributed by atoms with E-state index in [2.05, 4.69) is 27.8 Å². The van der Waals surface area contributed by atoms with Crippen LogP contribution >= 0.6 is 11.8 Å². The van der Waals surface area contributed by atoms with E-state index in [1.807, 2.05) is 32.2 Å². The quantitative estimate of drug-likeness (QED) is 0.395. The van der Waals surface area contributed by atoms with Gasteiger partial charge in [0.25, 0.3) is 5.88 Å². The minimum atomic E-state index is -0.417. The lowest BCUT2D eigenvalue weighted by molar-refractivity contribution is -0.114. The number of nitrogens with zero attached hydrogens (tertiary/aromatic N) is 3. The van der Waals surface area contributed by atoms with Crippen molar-refractivity contribution >= 4 is 35.0 Å². The molecular weight excluding hydrogens is 490 g/mol. The number of pyridine rings is 3. The van der Waals surface area contributed by atoms with Crippen LogP contribution < -0.4 is 20.1 Å². The fourth-order valence-electron chi connectivity index (χ4n) is 4.44. The van der Waals surface area contributed by atoms with Gasteiger partial charge < -0.3 is 24.8 Å². The Hall–Kier alpha value is -3.37. The SMILES string of the molecule is COC1CC(c2cc(Nc3cc(NC(C)=O)ncc3-c3ccc4c(n3)OCC(C)(C)O4)nc(SC)c2)C1. The van der Waals surface area contributed by atoms with Crippen molar-refractivity contribution in [3.8, 4) is 22.9 Å². The molecule has 0 bridgehead atoms. The van der Waals surface area contributed by atoms with Crippen molar-refractivity contribution in [2.45, 2.75) is 56.3 Å². The zero-order valence-electron chi connectivity index (χ0n) is 21.6. The molecule has 0 spiro atoms. The molecule has 3 aromatic rings. The van der Waals surface area contributed by atoms with Gasteiger partial charge in [0.2, 0.25) is 5.91 Å². The van der Waals surface area contributed by atoms with E-state index in [0.29, 0.717) is 53.3 Å². The molecule has 0 radical (unpaired) electrons. The summed E-state index contributed by atoms with van der Waals surface area (Å²) >= 11 is 1.60. The fourth-order valence-corrected chi connectivity index (χ4v) is 4.88. The Labute approximate surface area is 220 Å². The first-order chi connectivity index (χ1) is 17.7. The summed E-state index contributed by atoms with van der Waals surface area (Å²) in [5, 5.41) is 7.15. The lowest BCUT2D eigenvalue weighted by Gasteiger charge is -2.34. The molecule has 0 aromatic carbocycles. The molecule has 1 aliphatic heterocycles. The molecule has 9 nitrogen and oxygen atoms in total. The van der Waals surface area contributed by atoms with Crippen LogP contribution in [-0.4, -0.2) is 52.5 Å². The predicted molar refractivity (Wildman–Crippen MR) is 144 cm³/mol. The molecule has 1 amide bonds. The van der Waals surface area contributed by atoms with E-state index >= 15 is 0 Å². The van der Waals surface area contributed by atoms with E-state index in [0.717, 1.165) is 23.4 Å². The third kappa shape index (κ3) is 5.65. The molecule has 0 saturated heterocycles. The predicted octanol–water partition coefficient (Wildman–Crippen LogP) is 5.40. The van der Waals surface area contributed by atoms with Crippen molar-refractivity contribution in [3.05, 3.63) is 42.1 Å². The molecule has 1 fully saturated rings. The van der Waals surface area contributed by atoms with Crippen molar-refractivity contribution in [3.63, 3.8) is 0 Å². The molecule has 1 aliphatic carbocycles. The number of carbonyl (C=O) groups excluding carboxylic acids is 1. The standard InChI is InChI=1S/C27H31N5O4S/c1-15(33)29-23-12-21(30-24-10-17(11-25(32-24)37-5)16-8-18(9-16)34-4)19(13-28-23)20-6-7-22-26(31-20)35-14-27(2,3)36-22/h6-7,10-13,16,18H,8-9,14H2,1-5H3,(H2,28,29,30,32,33). The maximum absolute atomic E-state index is 11.7. The highest BCUT2D eigenvalue weighted by molar-refractivity contribution is 7.98. The number of carbonyl (C=O) groups is 1. The van der Waals surface area contributed by atoms with Crippen molar-refractivity contribution in [2.24, 2.45) is 0 Å². The molecule has 2 aliphatic rings. The third-order valence-electron chi connectivity index (χ3n) is 6.45.